The third-order valence-corrected chi connectivity index (χ3v) is 4.41. The van der Waals surface area contributed by atoms with Crippen molar-refractivity contribution in [3.63, 3.8) is 0 Å². The Bertz CT molecular complexity index is 401. The van der Waals surface area contributed by atoms with Crippen LogP contribution in [-0.4, -0.2) is 16.8 Å². The fraction of sp³-hybridized carbons (Fsp3) is 0.417. The Morgan fingerprint density at radius 2 is 2.33 bits per heavy atom. The van der Waals surface area contributed by atoms with E-state index in [2.05, 4.69) is 19.1 Å². The van der Waals surface area contributed by atoms with Crippen molar-refractivity contribution in [1.29, 1.82) is 0 Å². The second-order valence-electron chi connectivity index (χ2n) is 4.04. The van der Waals surface area contributed by atoms with E-state index in [0.29, 0.717) is 0 Å². The molecule has 0 bridgehead atoms. The molecule has 0 amide bonds. The van der Waals surface area contributed by atoms with Crippen molar-refractivity contribution < 1.29 is 9.90 Å². The lowest BCUT2D eigenvalue weighted by atomic mass is 9.88. The van der Waals surface area contributed by atoms with E-state index >= 15 is 0 Å². The summed E-state index contributed by atoms with van der Waals surface area (Å²) in [5.41, 5.74) is 2.48. The van der Waals surface area contributed by atoms with Gasteiger partial charge in [-0.05, 0) is 18.1 Å². The third-order valence-electron chi connectivity index (χ3n) is 3.04. The van der Waals surface area contributed by atoms with Gasteiger partial charge in [0.1, 0.15) is 0 Å². The maximum absolute atomic E-state index is 11.0. The van der Waals surface area contributed by atoms with E-state index in [1.165, 1.54) is 16.0 Å². The third kappa shape index (κ3) is 1.76. The molecule has 0 saturated carbocycles. The van der Waals surface area contributed by atoms with Gasteiger partial charge < -0.3 is 5.11 Å². The molecular formula is C12H14O2S. The van der Waals surface area contributed by atoms with Gasteiger partial charge in [-0.25, -0.2) is 0 Å². The second kappa shape index (κ2) is 3.89. The van der Waals surface area contributed by atoms with Crippen LogP contribution in [0.5, 0.6) is 0 Å². The molecule has 1 aromatic carbocycles. The maximum Gasteiger partial charge on any atom is 0.306 e. The molecule has 0 saturated heterocycles. The van der Waals surface area contributed by atoms with Crippen LogP contribution in [0.4, 0.5) is 0 Å². The fourth-order valence-corrected chi connectivity index (χ4v) is 3.51. The first-order valence-electron chi connectivity index (χ1n) is 5.06. The molecule has 0 radical (unpaired) electrons. The number of benzene rings is 1. The van der Waals surface area contributed by atoms with Crippen LogP contribution in [0, 0.1) is 12.8 Å². The van der Waals surface area contributed by atoms with Gasteiger partial charge in [-0.3, -0.25) is 4.79 Å². The Morgan fingerprint density at radius 3 is 3.00 bits per heavy atom. The average molecular weight is 222 g/mol. The molecule has 1 aliphatic heterocycles. The lowest BCUT2D eigenvalue weighted by Gasteiger charge is -2.15. The Labute approximate surface area is 93.7 Å². The van der Waals surface area contributed by atoms with Crippen molar-refractivity contribution in [2.75, 3.05) is 5.75 Å². The predicted octanol–water partition coefficient (Wildman–Crippen LogP) is 2.91. The fourth-order valence-electron chi connectivity index (χ4n) is 2.01. The topological polar surface area (TPSA) is 37.3 Å². The summed E-state index contributed by atoms with van der Waals surface area (Å²) in [5, 5.41) is 9.03. The summed E-state index contributed by atoms with van der Waals surface area (Å²) in [6.45, 7) is 3.88. The number of fused-ring (bicyclic) bond motifs is 1. The summed E-state index contributed by atoms with van der Waals surface area (Å²) in [6, 6.07) is 6.16. The zero-order valence-corrected chi connectivity index (χ0v) is 9.67. The lowest BCUT2D eigenvalue weighted by Crippen LogP contribution is -2.18. The van der Waals surface area contributed by atoms with Gasteiger partial charge in [-0.2, -0.15) is 0 Å². The maximum atomic E-state index is 11.0. The lowest BCUT2D eigenvalue weighted by molar-refractivity contribution is -0.141. The largest absolute Gasteiger partial charge is 0.481 e. The highest BCUT2D eigenvalue weighted by Gasteiger charge is 2.32. The molecule has 0 spiro atoms. The average Bonchev–Trinajstić information content (AvgIpc) is 2.61. The second-order valence-corrected chi connectivity index (χ2v) is 5.07. The number of hydrogen-bond donors (Lipinski definition) is 1. The molecule has 1 heterocycles. The number of carboxylic acids is 1. The molecule has 80 valence electrons. The van der Waals surface area contributed by atoms with E-state index in [-0.39, 0.29) is 11.8 Å². The molecule has 3 heteroatoms. The first kappa shape index (κ1) is 10.6. The van der Waals surface area contributed by atoms with Crippen LogP contribution < -0.4 is 0 Å². The van der Waals surface area contributed by atoms with Gasteiger partial charge in [-0.15, -0.1) is 11.8 Å². The number of aryl methyl sites for hydroxylation is 1. The van der Waals surface area contributed by atoms with Crippen LogP contribution in [0.15, 0.2) is 23.1 Å². The molecule has 1 N–H and O–H groups in total. The minimum Gasteiger partial charge on any atom is -0.481 e. The molecule has 0 aliphatic carbocycles. The summed E-state index contributed by atoms with van der Waals surface area (Å²) in [7, 11) is 0. The minimum absolute atomic E-state index is 0.169. The van der Waals surface area contributed by atoms with E-state index in [1.54, 1.807) is 18.7 Å². The first-order valence-corrected chi connectivity index (χ1v) is 6.05. The van der Waals surface area contributed by atoms with Gasteiger partial charge in [-0.1, -0.05) is 25.1 Å². The van der Waals surface area contributed by atoms with E-state index in [4.69, 9.17) is 5.11 Å². The number of carbonyl (C=O) groups is 1. The van der Waals surface area contributed by atoms with Gasteiger partial charge in [0, 0.05) is 16.6 Å². The quantitative estimate of drug-likeness (QED) is 0.836. The van der Waals surface area contributed by atoms with Crippen molar-refractivity contribution in [2.24, 2.45) is 5.92 Å². The van der Waals surface area contributed by atoms with Crippen LogP contribution in [0.3, 0.4) is 0 Å². The molecule has 2 atom stereocenters. The Kier molecular flexibility index (Phi) is 2.74. The van der Waals surface area contributed by atoms with Crippen LogP contribution in [0.1, 0.15) is 24.0 Å². The minimum atomic E-state index is -0.699. The molecule has 0 aromatic heterocycles. The number of thioether (sulfide) groups is 1. The van der Waals surface area contributed by atoms with Gasteiger partial charge in [0.15, 0.2) is 0 Å². The molecule has 1 aromatic rings. The zero-order valence-electron chi connectivity index (χ0n) is 8.86. The van der Waals surface area contributed by atoms with E-state index in [9.17, 15) is 4.79 Å². The molecule has 1 aliphatic rings. The molecule has 2 unspecified atom stereocenters. The number of rotatable bonds is 2. The highest BCUT2D eigenvalue weighted by molar-refractivity contribution is 7.99. The predicted molar refractivity (Wildman–Crippen MR) is 61.4 cm³/mol. The summed E-state index contributed by atoms with van der Waals surface area (Å²) >= 11 is 1.78. The smallest absolute Gasteiger partial charge is 0.306 e. The summed E-state index contributed by atoms with van der Waals surface area (Å²) in [5.74, 6) is 0.0751. The van der Waals surface area contributed by atoms with Crippen molar-refractivity contribution in [3.8, 4) is 0 Å². The van der Waals surface area contributed by atoms with Crippen LogP contribution >= 0.6 is 11.8 Å². The Hall–Kier alpha value is -0.960. The van der Waals surface area contributed by atoms with Crippen molar-refractivity contribution >= 4 is 17.7 Å². The number of hydrogen-bond acceptors (Lipinski definition) is 2. The van der Waals surface area contributed by atoms with E-state index < -0.39 is 5.97 Å². The Morgan fingerprint density at radius 1 is 1.60 bits per heavy atom. The molecule has 15 heavy (non-hydrogen) atoms. The van der Waals surface area contributed by atoms with Crippen molar-refractivity contribution in [1.82, 2.24) is 0 Å². The SMILES string of the molecule is Cc1cccc2c1SCC2C(C)C(=O)O. The van der Waals surface area contributed by atoms with Gasteiger partial charge in [0.2, 0.25) is 0 Å². The molecule has 2 rings (SSSR count). The van der Waals surface area contributed by atoms with Gasteiger partial charge in [0.05, 0.1) is 5.92 Å². The monoisotopic (exact) mass is 222 g/mol. The van der Waals surface area contributed by atoms with Crippen LogP contribution in [0.25, 0.3) is 0 Å². The van der Waals surface area contributed by atoms with Crippen LogP contribution in [0.2, 0.25) is 0 Å². The first-order chi connectivity index (χ1) is 7.11. The summed E-state index contributed by atoms with van der Waals surface area (Å²) in [6.07, 6.45) is 0. The molecule has 0 fully saturated rings. The van der Waals surface area contributed by atoms with Gasteiger partial charge >= 0.3 is 5.97 Å². The highest BCUT2D eigenvalue weighted by Crippen LogP contribution is 2.44. The van der Waals surface area contributed by atoms with Gasteiger partial charge in [0.25, 0.3) is 0 Å². The normalized spacial score (nSPS) is 21.1. The van der Waals surface area contributed by atoms with Crippen LogP contribution in [-0.2, 0) is 4.79 Å². The van der Waals surface area contributed by atoms with Crippen molar-refractivity contribution in [2.45, 2.75) is 24.7 Å². The molecular weight excluding hydrogens is 208 g/mol. The summed E-state index contributed by atoms with van der Waals surface area (Å²) in [4.78, 5) is 12.3. The number of aliphatic carboxylic acids is 1. The highest BCUT2D eigenvalue weighted by atomic mass is 32.2. The Balaban J connectivity index is 2.37. The van der Waals surface area contributed by atoms with E-state index in [1.807, 2.05) is 6.07 Å². The molecule has 2 nitrogen and oxygen atoms in total. The van der Waals surface area contributed by atoms with Crippen molar-refractivity contribution in [3.05, 3.63) is 29.3 Å². The van der Waals surface area contributed by atoms with E-state index in [0.717, 1.165) is 5.75 Å². The zero-order chi connectivity index (χ0) is 11.0. The number of carboxylic acid groups (broad SMARTS) is 1. The summed E-state index contributed by atoms with van der Waals surface area (Å²) < 4.78 is 0. The standard InChI is InChI=1S/C12H14O2S/c1-7-4-3-5-9-10(6-15-11(7)9)8(2)12(13)14/h3-5,8,10H,6H2,1-2H3,(H,13,14).